The molecule has 0 amide bonds. The minimum Gasteiger partial charge on any atom is -0.497 e. The van der Waals surface area contributed by atoms with Crippen molar-refractivity contribution in [2.45, 2.75) is 25.9 Å². The summed E-state index contributed by atoms with van der Waals surface area (Å²) in [6, 6.07) is 10.2. The van der Waals surface area contributed by atoms with Crippen molar-refractivity contribution in [3.05, 3.63) is 63.7 Å². The Labute approximate surface area is 174 Å². The second-order valence-electron chi connectivity index (χ2n) is 6.69. The lowest BCUT2D eigenvalue weighted by molar-refractivity contribution is -0.385. The standard InChI is InChI=1S/C20H23N2O7P/c1-4-29-30(26,18-9-7-17(27-2)8-10-18)21-13-15-11-16(22(24)25)6-5-14(15)12-19(21)20(23)28-3/h5-11,19H,4,12-13H2,1-3H3/t19-,30?/m1/s1. The molecule has 0 spiro atoms. The molecule has 9 nitrogen and oxygen atoms in total. The zero-order valence-corrected chi connectivity index (χ0v) is 17.8. The monoisotopic (exact) mass is 434 g/mol. The van der Waals surface area contributed by atoms with Crippen molar-refractivity contribution in [1.29, 1.82) is 0 Å². The van der Waals surface area contributed by atoms with Gasteiger partial charge in [-0.05, 0) is 48.7 Å². The number of non-ortho nitro benzene ring substituents is 1. The molecule has 0 radical (unpaired) electrons. The molecule has 2 atom stereocenters. The molecule has 2 aromatic rings. The first kappa shape index (κ1) is 22.0. The summed E-state index contributed by atoms with van der Waals surface area (Å²) in [4.78, 5) is 23.3. The fraction of sp³-hybridized carbons (Fsp3) is 0.350. The van der Waals surface area contributed by atoms with Gasteiger partial charge in [-0.3, -0.25) is 19.5 Å². The number of carbonyl (C=O) groups is 1. The number of esters is 1. The Balaban J connectivity index is 2.11. The minimum atomic E-state index is -3.69. The lowest BCUT2D eigenvalue weighted by Crippen LogP contribution is -2.46. The smallest absolute Gasteiger partial charge is 0.323 e. The van der Waals surface area contributed by atoms with Gasteiger partial charge in [-0.2, -0.15) is 0 Å². The van der Waals surface area contributed by atoms with Crippen molar-refractivity contribution in [3.8, 4) is 5.75 Å². The number of nitro benzene ring substituents is 1. The van der Waals surface area contributed by atoms with Crippen LogP contribution in [0.15, 0.2) is 42.5 Å². The maximum atomic E-state index is 14.2. The molecular weight excluding hydrogens is 411 g/mol. The van der Waals surface area contributed by atoms with Gasteiger partial charge in [0.15, 0.2) is 0 Å². The van der Waals surface area contributed by atoms with Crippen LogP contribution in [0.4, 0.5) is 5.69 Å². The zero-order valence-electron chi connectivity index (χ0n) is 16.9. The summed E-state index contributed by atoms with van der Waals surface area (Å²) in [6.07, 6.45) is 0.202. The molecule has 0 aliphatic carbocycles. The molecule has 30 heavy (non-hydrogen) atoms. The third kappa shape index (κ3) is 4.09. The summed E-state index contributed by atoms with van der Waals surface area (Å²) in [5.74, 6) is 0.0402. The van der Waals surface area contributed by atoms with E-state index in [0.29, 0.717) is 16.6 Å². The maximum absolute atomic E-state index is 14.2. The van der Waals surface area contributed by atoms with Crippen LogP contribution in [0.3, 0.4) is 0 Å². The van der Waals surface area contributed by atoms with E-state index < -0.39 is 24.5 Å². The molecule has 1 unspecified atom stereocenters. The van der Waals surface area contributed by atoms with Crippen molar-refractivity contribution >= 4 is 24.5 Å². The second-order valence-corrected chi connectivity index (χ2v) is 9.02. The lowest BCUT2D eigenvalue weighted by Gasteiger charge is -2.39. The molecule has 0 fully saturated rings. The van der Waals surface area contributed by atoms with Crippen LogP contribution in [0, 0.1) is 10.1 Å². The molecule has 0 bridgehead atoms. The number of nitrogens with zero attached hydrogens (tertiary/aromatic N) is 2. The van der Waals surface area contributed by atoms with Gasteiger partial charge in [0.1, 0.15) is 11.8 Å². The normalized spacial score (nSPS) is 18.2. The van der Waals surface area contributed by atoms with Gasteiger partial charge in [0.2, 0.25) is 0 Å². The number of nitro groups is 1. The maximum Gasteiger partial charge on any atom is 0.323 e. The van der Waals surface area contributed by atoms with Gasteiger partial charge in [-0.15, -0.1) is 0 Å². The molecule has 160 valence electrons. The average Bonchev–Trinajstić information content (AvgIpc) is 2.77. The van der Waals surface area contributed by atoms with E-state index >= 15 is 0 Å². The highest BCUT2D eigenvalue weighted by atomic mass is 31.2. The van der Waals surface area contributed by atoms with Crippen molar-refractivity contribution in [2.75, 3.05) is 20.8 Å². The predicted molar refractivity (Wildman–Crippen MR) is 110 cm³/mol. The van der Waals surface area contributed by atoms with E-state index in [9.17, 15) is 19.5 Å². The van der Waals surface area contributed by atoms with Crippen molar-refractivity contribution in [2.24, 2.45) is 0 Å². The van der Waals surface area contributed by atoms with Gasteiger partial charge in [-0.25, -0.2) is 4.67 Å². The van der Waals surface area contributed by atoms with Crippen LogP contribution in [-0.2, 0) is 31.6 Å². The predicted octanol–water partition coefficient (Wildman–Crippen LogP) is 3.06. The highest BCUT2D eigenvalue weighted by Crippen LogP contribution is 2.54. The van der Waals surface area contributed by atoms with E-state index in [0.717, 1.165) is 5.56 Å². The summed E-state index contributed by atoms with van der Waals surface area (Å²) < 4.78 is 31.5. The highest BCUT2D eigenvalue weighted by molar-refractivity contribution is 7.64. The summed E-state index contributed by atoms with van der Waals surface area (Å²) in [5.41, 5.74) is 1.32. The van der Waals surface area contributed by atoms with E-state index in [1.807, 2.05) is 0 Å². The molecule has 0 saturated carbocycles. The van der Waals surface area contributed by atoms with Crippen molar-refractivity contribution < 1.29 is 28.3 Å². The largest absolute Gasteiger partial charge is 0.497 e. The van der Waals surface area contributed by atoms with Crippen molar-refractivity contribution in [1.82, 2.24) is 4.67 Å². The van der Waals surface area contributed by atoms with E-state index in [4.69, 9.17) is 14.0 Å². The Bertz CT molecular complexity index is 993. The van der Waals surface area contributed by atoms with Gasteiger partial charge in [0.05, 0.1) is 31.1 Å². The third-order valence-corrected chi connectivity index (χ3v) is 7.68. The SMILES string of the molecule is CCOP(=O)(c1ccc(OC)cc1)N1Cc2cc([N+](=O)[O-])ccc2C[C@@H]1C(=O)OC. The fourth-order valence-corrected chi connectivity index (χ4v) is 5.88. The first-order valence-electron chi connectivity index (χ1n) is 9.34. The number of methoxy groups -OCH3 is 2. The molecule has 1 aliphatic rings. The molecule has 1 aliphatic heterocycles. The first-order chi connectivity index (χ1) is 14.3. The van der Waals surface area contributed by atoms with Gasteiger partial charge < -0.3 is 14.0 Å². The zero-order chi connectivity index (χ0) is 21.9. The number of rotatable bonds is 7. The Morgan fingerprint density at radius 1 is 1.20 bits per heavy atom. The molecule has 0 saturated heterocycles. The fourth-order valence-electron chi connectivity index (χ4n) is 3.53. The van der Waals surface area contributed by atoms with Crippen molar-refractivity contribution in [3.63, 3.8) is 0 Å². The van der Waals surface area contributed by atoms with Crippen LogP contribution in [-0.4, -0.2) is 42.4 Å². The Morgan fingerprint density at radius 2 is 1.90 bits per heavy atom. The number of hydrogen-bond donors (Lipinski definition) is 0. The summed E-state index contributed by atoms with van der Waals surface area (Å²) in [7, 11) is -0.893. The van der Waals surface area contributed by atoms with Crippen LogP contribution in [0.5, 0.6) is 5.75 Å². The Morgan fingerprint density at radius 3 is 2.47 bits per heavy atom. The quantitative estimate of drug-likeness (QED) is 0.283. The van der Waals surface area contributed by atoms with Crippen LogP contribution < -0.4 is 10.0 Å². The van der Waals surface area contributed by atoms with Gasteiger partial charge >= 0.3 is 13.5 Å². The number of carbonyl (C=O) groups excluding carboxylic acids is 1. The summed E-state index contributed by atoms with van der Waals surface area (Å²) in [6.45, 7) is 1.90. The molecule has 3 rings (SSSR count). The third-order valence-electron chi connectivity index (χ3n) is 5.02. The van der Waals surface area contributed by atoms with E-state index in [1.165, 1.54) is 31.0 Å². The minimum absolute atomic E-state index is 0.0418. The highest BCUT2D eigenvalue weighted by Gasteiger charge is 2.45. The van der Waals surface area contributed by atoms with Crippen LogP contribution in [0.1, 0.15) is 18.1 Å². The van der Waals surface area contributed by atoms with Crippen LogP contribution in [0.25, 0.3) is 0 Å². The van der Waals surface area contributed by atoms with Crippen LogP contribution in [0.2, 0.25) is 0 Å². The van der Waals surface area contributed by atoms with E-state index in [2.05, 4.69) is 0 Å². The van der Waals surface area contributed by atoms with Gasteiger partial charge in [0, 0.05) is 18.7 Å². The number of benzene rings is 2. The topological polar surface area (TPSA) is 108 Å². The van der Waals surface area contributed by atoms with Gasteiger partial charge in [0.25, 0.3) is 5.69 Å². The Kier molecular flexibility index (Phi) is 6.55. The molecule has 10 heteroatoms. The lowest BCUT2D eigenvalue weighted by atomic mass is 9.95. The number of fused-ring (bicyclic) bond motifs is 1. The van der Waals surface area contributed by atoms with E-state index in [-0.39, 0.29) is 25.3 Å². The number of ether oxygens (including phenoxy) is 2. The molecule has 1 heterocycles. The molecule has 2 aromatic carbocycles. The second kappa shape index (κ2) is 8.95. The summed E-state index contributed by atoms with van der Waals surface area (Å²) >= 11 is 0. The molecular formula is C20H23N2O7P. The van der Waals surface area contributed by atoms with Crippen LogP contribution >= 0.6 is 7.52 Å². The Hall–Kier alpha value is -2.74. The van der Waals surface area contributed by atoms with Gasteiger partial charge in [-0.1, -0.05) is 6.07 Å². The molecule has 0 aromatic heterocycles. The average molecular weight is 434 g/mol. The van der Waals surface area contributed by atoms with E-state index in [1.54, 1.807) is 37.3 Å². The molecule has 0 N–H and O–H groups in total. The first-order valence-corrected chi connectivity index (χ1v) is 10.9. The summed E-state index contributed by atoms with van der Waals surface area (Å²) in [5, 5.41) is 11.6. The number of hydrogen-bond acceptors (Lipinski definition) is 7.